The van der Waals surface area contributed by atoms with Crippen LogP contribution >= 0.6 is 0 Å². The molecule has 0 N–H and O–H groups in total. The van der Waals surface area contributed by atoms with Crippen molar-refractivity contribution < 1.29 is 4.79 Å². The number of aromatic nitrogens is 3. The predicted molar refractivity (Wildman–Crippen MR) is 91.5 cm³/mol. The van der Waals surface area contributed by atoms with Crippen molar-refractivity contribution in [2.24, 2.45) is 5.92 Å². The van der Waals surface area contributed by atoms with E-state index in [-0.39, 0.29) is 5.91 Å². The summed E-state index contributed by atoms with van der Waals surface area (Å²) in [5.74, 6) is 0.446. The summed E-state index contributed by atoms with van der Waals surface area (Å²) in [6.07, 6.45) is 8.48. The molecule has 2 aromatic heterocycles. The molecule has 0 radical (unpaired) electrons. The van der Waals surface area contributed by atoms with Crippen LogP contribution in [0.2, 0.25) is 0 Å². The van der Waals surface area contributed by atoms with Gasteiger partial charge in [0.15, 0.2) is 0 Å². The number of benzene rings is 1. The van der Waals surface area contributed by atoms with Gasteiger partial charge in [-0.2, -0.15) is 0 Å². The van der Waals surface area contributed by atoms with Gasteiger partial charge in [-0.15, -0.1) is 0 Å². The second kappa shape index (κ2) is 6.35. The zero-order chi connectivity index (χ0) is 16.4. The first-order valence-electron chi connectivity index (χ1n) is 8.19. The van der Waals surface area contributed by atoms with E-state index in [1.165, 1.54) is 17.1 Å². The molecule has 1 aromatic carbocycles. The number of carbonyl (C=O) groups is 1. The molecule has 3 aromatic rings. The molecule has 120 valence electrons. The zero-order valence-electron chi connectivity index (χ0n) is 13.3. The van der Waals surface area contributed by atoms with Gasteiger partial charge < -0.3 is 4.90 Å². The Morgan fingerprint density at radius 1 is 1.12 bits per heavy atom. The first-order chi connectivity index (χ1) is 11.8. The number of pyridine rings is 1. The van der Waals surface area contributed by atoms with Crippen LogP contribution in [0.1, 0.15) is 22.5 Å². The average Bonchev–Trinajstić information content (AvgIpc) is 3.11. The fraction of sp³-hybridized carbons (Fsp3) is 0.263. The van der Waals surface area contributed by atoms with Crippen LogP contribution in [0, 0.1) is 5.92 Å². The Balaban J connectivity index is 1.48. The topological polar surface area (TPSA) is 59.0 Å². The Bertz CT molecular complexity index is 860. The van der Waals surface area contributed by atoms with Gasteiger partial charge in [-0.1, -0.05) is 18.2 Å². The van der Waals surface area contributed by atoms with Crippen LogP contribution in [0.4, 0.5) is 0 Å². The predicted octanol–water partition coefficient (Wildman–Crippen LogP) is 2.73. The lowest BCUT2D eigenvalue weighted by molar-refractivity contribution is 0.0781. The second-order valence-electron chi connectivity index (χ2n) is 6.19. The van der Waals surface area contributed by atoms with E-state index in [1.807, 2.05) is 23.2 Å². The van der Waals surface area contributed by atoms with Crippen molar-refractivity contribution in [2.45, 2.75) is 12.8 Å². The molecule has 1 saturated heterocycles. The van der Waals surface area contributed by atoms with E-state index in [2.05, 4.69) is 33.2 Å². The molecule has 0 aliphatic carbocycles. The van der Waals surface area contributed by atoms with Crippen LogP contribution in [0.5, 0.6) is 0 Å². The van der Waals surface area contributed by atoms with Crippen LogP contribution in [0.3, 0.4) is 0 Å². The average molecular weight is 318 g/mol. The number of hydrogen-bond donors (Lipinski definition) is 0. The minimum atomic E-state index is -0.0230. The lowest BCUT2D eigenvalue weighted by Crippen LogP contribution is -2.29. The van der Waals surface area contributed by atoms with E-state index < -0.39 is 0 Å². The first-order valence-corrected chi connectivity index (χ1v) is 8.19. The molecular weight excluding hydrogens is 300 g/mol. The number of likely N-dealkylation sites (tertiary alicyclic amines) is 1. The lowest BCUT2D eigenvalue weighted by Gasteiger charge is -2.16. The number of nitrogens with zero attached hydrogens (tertiary/aromatic N) is 4. The molecule has 1 aliphatic rings. The number of fused-ring (bicyclic) bond motifs is 1. The molecule has 4 rings (SSSR count). The van der Waals surface area contributed by atoms with Gasteiger partial charge in [0.05, 0.1) is 11.7 Å². The number of carbonyl (C=O) groups excluding carboxylic acids is 1. The van der Waals surface area contributed by atoms with Crippen molar-refractivity contribution in [3.63, 3.8) is 0 Å². The van der Waals surface area contributed by atoms with Gasteiger partial charge >= 0.3 is 0 Å². The van der Waals surface area contributed by atoms with E-state index in [9.17, 15) is 4.79 Å². The molecule has 1 unspecified atom stereocenters. The van der Waals surface area contributed by atoms with Gasteiger partial charge in [-0.05, 0) is 36.5 Å². The van der Waals surface area contributed by atoms with Crippen molar-refractivity contribution in [1.29, 1.82) is 0 Å². The largest absolute Gasteiger partial charge is 0.337 e. The van der Waals surface area contributed by atoms with Crippen molar-refractivity contribution in [3.8, 4) is 0 Å². The van der Waals surface area contributed by atoms with E-state index >= 15 is 0 Å². The highest BCUT2D eigenvalue weighted by atomic mass is 16.2. The maximum absolute atomic E-state index is 12.5. The van der Waals surface area contributed by atoms with Gasteiger partial charge in [0.1, 0.15) is 5.69 Å². The van der Waals surface area contributed by atoms with Crippen LogP contribution < -0.4 is 0 Å². The third kappa shape index (κ3) is 2.85. The summed E-state index contributed by atoms with van der Waals surface area (Å²) < 4.78 is 0. The fourth-order valence-electron chi connectivity index (χ4n) is 3.41. The Labute approximate surface area is 140 Å². The molecule has 1 aliphatic heterocycles. The third-order valence-corrected chi connectivity index (χ3v) is 4.60. The van der Waals surface area contributed by atoms with Gasteiger partial charge in [0, 0.05) is 37.1 Å². The molecule has 24 heavy (non-hydrogen) atoms. The van der Waals surface area contributed by atoms with Gasteiger partial charge in [0.25, 0.3) is 5.91 Å². The summed E-state index contributed by atoms with van der Waals surface area (Å²) in [6, 6.07) is 10.4. The molecule has 1 atom stereocenters. The standard InChI is InChI=1S/C19H18N4O/c24-19(18-12-20-8-9-22-18)23-10-6-14(13-23)11-15-3-1-5-17-16(15)4-2-7-21-17/h1-5,7-9,12,14H,6,10-11,13H2. The summed E-state index contributed by atoms with van der Waals surface area (Å²) in [4.78, 5) is 26.9. The van der Waals surface area contributed by atoms with Gasteiger partial charge in [0.2, 0.25) is 0 Å². The Morgan fingerprint density at radius 3 is 2.96 bits per heavy atom. The van der Waals surface area contributed by atoms with Crippen LogP contribution in [-0.2, 0) is 6.42 Å². The lowest BCUT2D eigenvalue weighted by atomic mass is 9.96. The SMILES string of the molecule is O=C(c1cnccn1)N1CCC(Cc2cccc3ncccc23)C1. The zero-order valence-corrected chi connectivity index (χ0v) is 13.3. The van der Waals surface area contributed by atoms with Crippen molar-refractivity contribution in [3.05, 3.63) is 66.4 Å². The molecule has 3 heterocycles. The molecule has 1 fully saturated rings. The summed E-state index contributed by atoms with van der Waals surface area (Å²) in [6.45, 7) is 1.55. The first kappa shape index (κ1) is 14.8. The highest BCUT2D eigenvalue weighted by Crippen LogP contribution is 2.25. The molecule has 0 bridgehead atoms. The smallest absolute Gasteiger partial charge is 0.274 e. The van der Waals surface area contributed by atoms with Crippen molar-refractivity contribution in [1.82, 2.24) is 19.9 Å². The van der Waals surface area contributed by atoms with Crippen molar-refractivity contribution >= 4 is 16.8 Å². The summed E-state index contributed by atoms with van der Waals surface area (Å²) in [7, 11) is 0. The Morgan fingerprint density at radius 2 is 2.08 bits per heavy atom. The number of amides is 1. The van der Waals surface area contributed by atoms with Crippen molar-refractivity contribution in [2.75, 3.05) is 13.1 Å². The van der Waals surface area contributed by atoms with E-state index in [0.717, 1.165) is 31.4 Å². The molecule has 0 saturated carbocycles. The quantitative estimate of drug-likeness (QED) is 0.745. The number of rotatable bonds is 3. The van der Waals surface area contributed by atoms with Crippen LogP contribution in [0.15, 0.2) is 55.1 Å². The highest BCUT2D eigenvalue weighted by molar-refractivity contribution is 5.92. The highest BCUT2D eigenvalue weighted by Gasteiger charge is 2.28. The summed E-state index contributed by atoms with van der Waals surface area (Å²) in [5, 5.41) is 1.21. The van der Waals surface area contributed by atoms with Crippen LogP contribution in [0.25, 0.3) is 10.9 Å². The maximum Gasteiger partial charge on any atom is 0.274 e. The molecular formula is C19H18N4O. The minimum absolute atomic E-state index is 0.0230. The molecule has 5 heteroatoms. The fourth-order valence-corrected chi connectivity index (χ4v) is 3.41. The monoisotopic (exact) mass is 318 g/mol. The van der Waals surface area contributed by atoms with Gasteiger partial charge in [-0.3, -0.25) is 14.8 Å². The van der Waals surface area contributed by atoms with Crippen LogP contribution in [-0.4, -0.2) is 38.8 Å². The third-order valence-electron chi connectivity index (χ3n) is 4.60. The van der Waals surface area contributed by atoms with E-state index in [4.69, 9.17) is 0 Å². The Kier molecular flexibility index (Phi) is 3.91. The molecule has 1 amide bonds. The second-order valence-corrected chi connectivity index (χ2v) is 6.19. The summed E-state index contributed by atoms with van der Waals surface area (Å²) >= 11 is 0. The summed E-state index contributed by atoms with van der Waals surface area (Å²) in [5.41, 5.74) is 2.76. The minimum Gasteiger partial charge on any atom is -0.337 e. The molecule has 5 nitrogen and oxygen atoms in total. The normalized spacial score (nSPS) is 17.3. The van der Waals surface area contributed by atoms with E-state index in [0.29, 0.717) is 11.6 Å². The molecule has 0 spiro atoms. The Hall–Kier alpha value is -2.82. The van der Waals surface area contributed by atoms with E-state index in [1.54, 1.807) is 12.4 Å². The number of hydrogen-bond acceptors (Lipinski definition) is 4. The maximum atomic E-state index is 12.5. The van der Waals surface area contributed by atoms with Gasteiger partial charge in [-0.25, -0.2) is 4.98 Å².